The molecule has 2 fully saturated rings. The molecule has 3 atom stereocenters. The summed E-state index contributed by atoms with van der Waals surface area (Å²) >= 11 is 0. The third-order valence-electron chi connectivity index (χ3n) is 3.72. The Balaban J connectivity index is 2.04. The van der Waals surface area contributed by atoms with Gasteiger partial charge >= 0.3 is 0 Å². The summed E-state index contributed by atoms with van der Waals surface area (Å²) in [5, 5.41) is 0. The first kappa shape index (κ1) is 5.76. The van der Waals surface area contributed by atoms with Crippen LogP contribution in [-0.2, 0) is 0 Å². The van der Waals surface area contributed by atoms with Crippen molar-refractivity contribution in [1.29, 1.82) is 0 Å². The van der Waals surface area contributed by atoms with Crippen molar-refractivity contribution in [2.24, 2.45) is 23.2 Å². The molecule has 0 heteroatoms. The molecule has 0 aliphatic heterocycles. The lowest BCUT2D eigenvalue weighted by Crippen LogP contribution is -2.28. The molecule has 52 valence electrons. The Bertz CT molecular complexity index is 137. The van der Waals surface area contributed by atoms with E-state index in [0.717, 1.165) is 23.2 Å². The Morgan fingerprint density at radius 3 is 2.11 bits per heavy atom. The van der Waals surface area contributed by atoms with E-state index in [4.69, 9.17) is 0 Å². The Morgan fingerprint density at radius 1 is 1.33 bits per heavy atom. The SMILES string of the molecule is CC1CC2(C(C)C)CC12. The van der Waals surface area contributed by atoms with E-state index in [9.17, 15) is 0 Å². The highest BCUT2D eigenvalue weighted by atomic mass is 14.7. The van der Waals surface area contributed by atoms with Gasteiger partial charge in [-0.05, 0) is 36.0 Å². The topological polar surface area (TPSA) is 0 Å². The van der Waals surface area contributed by atoms with E-state index in [2.05, 4.69) is 20.8 Å². The second-order valence-electron chi connectivity index (χ2n) is 4.38. The molecule has 2 aliphatic rings. The molecule has 0 spiro atoms. The average Bonchev–Trinajstić information content (AvgIpc) is 2.36. The lowest BCUT2D eigenvalue weighted by Gasteiger charge is -2.35. The van der Waals surface area contributed by atoms with E-state index in [1.807, 2.05) is 0 Å². The van der Waals surface area contributed by atoms with Crippen LogP contribution in [0.5, 0.6) is 0 Å². The van der Waals surface area contributed by atoms with Gasteiger partial charge in [0.1, 0.15) is 0 Å². The lowest BCUT2D eigenvalue weighted by molar-refractivity contribution is 0.139. The average molecular weight is 124 g/mol. The van der Waals surface area contributed by atoms with E-state index < -0.39 is 0 Å². The predicted octanol–water partition coefficient (Wildman–Crippen LogP) is 2.69. The molecule has 2 aliphatic carbocycles. The summed E-state index contributed by atoms with van der Waals surface area (Å²) in [6.07, 6.45) is 3.07. The molecule has 0 radical (unpaired) electrons. The van der Waals surface area contributed by atoms with Crippen LogP contribution in [0, 0.1) is 23.2 Å². The number of hydrogen-bond acceptors (Lipinski definition) is 0. The van der Waals surface area contributed by atoms with Gasteiger partial charge in [0.25, 0.3) is 0 Å². The largest absolute Gasteiger partial charge is 0.0622 e. The van der Waals surface area contributed by atoms with Crippen molar-refractivity contribution < 1.29 is 0 Å². The van der Waals surface area contributed by atoms with Crippen molar-refractivity contribution >= 4 is 0 Å². The van der Waals surface area contributed by atoms with E-state index >= 15 is 0 Å². The number of hydrogen-bond donors (Lipinski definition) is 0. The first-order valence-electron chi connectivity index (χ1n) is 4.17. The van der Waals surface area contributed by atoms with Crippen molar-refractivity contribution in [3.05, 3.63) is 0 Å². The van der Waals surface area contributed by atoms with Crippen LogP contribution in [0.3, 0.4) is 0 Å². The van der Waals surface area contributed by atoms with Crippen LogP contribution >= 0.6 is 0 Å². The van der Waals surface area contributed by atoms with Gasteiger partial charge in [-0.1, -0.05) is 20.8 Å². The molecule has 0 aromatic rings. The summed E-state index contributed by atoms with van der Waals surface area (Å²) in [6, 6.07) is 0. The summed E-state index contributed by atoms with van der Waals surface area (Å²) in [5.41, 5.74) is 0.861. The van der Waals surface area contributed by atoms with Crippen LogP contribution in [0.25, 0.3) is 0 Å². The van der Waals surface area contributed by atoms with Gasteiger partial charge in [-0.15, -0.1) is 0 Å². The fourth-order valence-electron chi connectivity index (χ4n) is 2.83. The van der Waals surface area contributed by atoms with Gasteiger partial charge in [0, 0.05) is 0 Å². The summed E-state index contributed by atoms with van der Waals surface area (Å²) in [5.74, 6) is 3.16. The van der Waals surface area contributed by atoms with E-state index in [0.29, 0.717) is 0 Å². The van der Waals surface area contributed by atoms with Crippen LogP contribution in [-0.4, -0.2) is 0 Å². The van der Waals surface area contributed by atoms with Crippen molar-refractivity contribution in [2.45, 2.75) is 33.6 Å². The third kappa shape index (κ3) is 0.500. The van der Waals surface area contributed by atoms with Gasteiger partial charge in [-0.3, -0.25) is 0 Å². The van der Waals surface area contributed by atoms with Gasteiger partial charge in [0.15, 0.2) is 0 Å². The van der Waals surface area contributed by atoms with Gasteiger partial charge in [0.05, 0.1) is 0 Å². The predicted molar refractivity (Wildman–Crippen MR) is 39.2 cm³/mol. The quantitative estimate of drug-likeness (QED) is 0.504. The fourth-order valence-corrected chi connectivity index (χ4v) is 2.83. The molecule has 9 heavy (non-hydrogen) atoms. The lowest BCUT2D eigenvalue weighted by atomic mass is 9.70. The van der Waals surface area contributed by atoms with Crippen LogP contribution in [0.1, 0.15) is 33.6 Å². The Hall–Kier alpha value is 0. The molecular formula is C9H16. The zero-order valence-corrected chi connectivity index (χ0v) is 6.65. The van der Waals surface area contributed by atoms with Gasteiger partial charge in [-0.2, -0.15) is 0 Å². The molecule has 0 aromatic heterocycles. The minimum absolute atomic E-state index is 0.861. The standard InChI is InChI=1S/C9H16/c1-6(2)9-4-7(3)8(9)5-9/h6-8H,4-5H2,1-3H3. The fraction of sp³-hybridized carbons (Fsp3) is 1.00. The molecule has 3 unspecified atom stereocenters. The third-order valence-corrected chi connectivity index (χ3v) is 3.72. The summed E-state index contributed by atoms with van der Waals surface area (Å²) in [4.78, 5) is 0. The second kappa shape index (κ2) is 1.36. The number of rotatable bonds is 1. The maximum Gasteiger partial charge on any atom is -0.0238 e. The van der Waals surface area contributed by atoms with E-state index in [1.165, 1.54) is 6.42 Å². The van der Waals surface area contributed by atoms with Gasteiger partial charge in [-0.25, -0.2) is 0 Å². The summed E-state index contributed by atoms with van der Waals surface area (Å²) in [6.45, 7) is 7.16. The van der Waals surface area contributed by atoms with Crippen molar-refractivity contribution in [1.82, 2.24) is 0 Å². The highest BCUT2D eigenvalue weighted by molar-refractivity contribution is 5.14. The Kier molecular flexibility index (Phi) is 0.868. The molecule has 0 nitrogen and oxygen atoms in total. The van der Waals surface area contributed by atoms with Gasteiger partial charge < -0.3 is 0 Å². The Morgan fingerprint density at radius 2 is 2.00 bits per heavy atom. The molecule has 2 saturated carbocycles. The van der Waals surface area contributed by atoms with Crippen LogP contribution in [0.4, 0.5) is 0 Å². The molecule has 2 rings (SSSR count). The summed E-state index contributed by atoms with van der Waals surface area (Å²) < 4.78 is 0. The van der Waals surface area contributed by atoms with E-state index in [1.54, 1.807) is 6.42 Å². The molecule has 0 heterocycles. The van der Waals surface area contributed by atoms with E-state index in [-0.39, 0.29) is 0 Å². The zero-order chi connectivity index (χ0) is 6.65. The monoisotopic (exact) mass is 124 g/mol. The van der Waals surface area contributed by atoms with Crippen molar-refractivity contribution in [3.8, 4) is 0 Å². The molecule has 0 saturated heterocycles. The van der Waals surface area contributed by atoms with Crippen LogP contribution < -0.4 is 0 Å². The maximum atomic E-state index is 2.40. The minimum atomic E-state index is 0.861. The smallest absolute Gasteiger partial charge is 0.0238 e. The first-order chi connectivity index (χ1) is 4.17. The molecule has 0 N–H and O–H groups in total. The normalized spacial score (nSPS) is 54.7. The second-order valence-corrected chi connectivity index (χ2v) is 4.38. The number of fused-ring (bicyclic) bond motifs is 1. The molecular weight excluding hydrogens is 108 g/mol. The Labute approximate surface area is 57.6 Å². The molecule has 0 bridgehead atoms. The van der Waals surface area contributed by atoms with Crippen molar-refractivity contribution in [2.75, 3.05) is 0 Å². The molecule has 0 aromatic carbocycles. The summed E-state index contributed by atoms with van der Waals surface area (Å²) in [7, 11) is 0. The van der Waals surface area contributed by atoms with Gasteiger partial charge in [0.2, 0.25) is 0 Å². The van der Waals surface area contributed by atoms with Crippen LogP contribution in [0.2, 0.25) is 0 Å². The highest BCUT2D eigenvalue weighted by Gasteiger charge is 2.66. The maximum absolute atomic E-state index is 2.40. The van der Waals surface area contributed by atoms with Crippen molar-refractivity contribution in [3.63, 3.8) is 0 Å². The first-order valence-corrected chi connectivity index (χ1v) is 4.17. The highest BCUT2D eigenvalue weighted by Crippen LogP contribution is 2.73. The zero-order valence-electron chi connectivity index (χ0n) is 6.65. The molecule has 0 amide bonds. The van der Waals surface area contributed by atoms with Crippen LogP contribution in [0.15, 0.2) is 0 Å². The minimum Gasteiger partial charge on any atom is -0.0622 e.